The van der Waals surface area contributed by atoms with Crippen LogP contribution >= 0.6 is 0 Å². The van der Waals surface area contributed by atoms with E-state index < -0.39 is 0 Å². The molecule has 80 valence electrons. The lowest BCUT2D eigenvalue weighted by Gasteiger charge is -2.23. The van der Waals surface area contributed by atoms with E-state index in [1.54, 1.807) is 0 Å². The lowest BCUT2D eigenvalue weighted by Crippen LogP contribution is -2.33. The molecule has 0 aromatic carbocycles. The SMILES string of the molecule is CC.CC(C)CNC1CCCCC1. The van der Waals surface area contributed by atoms with Gasteiger partial charge in [-0.1, -0.05) is 47.0 Å². The smallest absolute Gasteiger partial charge is 0.00671 e. The van der Waals surface area contributed by atoms with Crippen molar-refractivity contribution in [3.05, 3.63) is 0 Å². The summed E-state index contributed by atoms with van der Waals surface area (Å²) in [5, 5.41) is 3.62. The van der Waals surface area contributed by atoms with Crippen LogP contribution < -0.4 is 5.32 Å². The van der Waals surface area contributed by atoms with Crippen LogP contribution in [0.4, 0.5) is 0 Å². The molecule has 0 bridgehead atoms. The summed E-state index contributed by atoms with van der Waals surface area (Å²) in [5.74, 6) is 0.803. The Labute approximate surface area is 84.3 Å². The van der Waals surface area contributed by atoms with Crippen LogP contribution in [0.1, 0.15) is 59.8 Å². The molecule has 1 rings (SSSR count). The Bertz CT molecular complexity index is 93.3. The first-order chi connectivity index (χ1) is 6.29. The van der Waals surface area contributed by atoms with E-state index in [1.165, 1.54) is 38.6 Å². The molecule has 0 saturated heterocycles. The molecule has 0 aromatic rings. The Hall–Kier alpha value is -0.0400. The molecule has 0 amide bonds. The van der Waals surface area contributed by atoms with Crippen molar-refractivity contribution in [3.8, 4) is 0 Å². The van der Waals surface area contributed by atoms with Gasteiger partial charge < -0.3 is 5.32 Å². The normalized spacial score (nSPS) is 18.2. The molecule has 1 aliphatic rings. The minimum atomic E-state index is 0.803. The topological polar surface area (TPSA) is 12.0 Å². The van der Waals surface area contributed by atoms with Gasteiger partial charge in [0.25, 0.3) is 0 Å². The van der Waals surface area contributed by atoms with E-state index in [2.05, 4.69) is 19.2 Å². The van der Waals surface area contributed by atoms with Gasteiger partial charge in [-0.2, -0.15) is 0 Å². The van der Waals surface area contributed by atoms with Crippen molar-refractivity contribution < 1.29 is 0 Å². The summed E-state index contributed by atoms with van der Waals surface area (Å²) in [5.41, 5.74) is 0. The van der Waals surface area contributed by atoms with Crippen LogP contribution in [0.25, 0.3) is 0 Å². The van der Waals surface area contributed by atoms with Crippen molar-refractivity contribution in [1.29, 1.82) is 0 Å². The Kier molecular flexibility index (Phi) is 8.53. The maximum Gasteiger partial charge on any atom is 0.00671 e. The van der Waals surface area contributed by atoms with Gasteiger partial charge in [-0.15, -0.1) is 0 Å². The van der Waals surface area contributed by atoms with E-state index in [0.29, 0.717) is 0 Å². The van der Waals surface area contributed by atoms with Gasteiger partial charge in [0.2, 0.25) is 0 Å². The van der Waals surface area contributed by atoms with E-state index in [4.69, 9.17) is 0 Å². The summed E-state index contributed by atoms with van der Waals surface area (Å²) >= 11 is 0. The van der Waals surface area contributed by atoms with Crippen LogP contribution in [0.3, 0.4) is 0 Å². The number of hydrogen-bond acceptors (Lipinski definition) is 1. The Morgan fingerprint density at radius 3 is 2.08 bits per heavy atom. The van der Waals surface area contributed by atoms with Crippen LogP contribution in [0.2, 0.25) is 0 Å². The molecule has 0 radical (unpaired) electrons. The Morgan fingerprint density at radius 1 is 1.08 bits per heavy atom. The van der Waals surface area contributed by atoms with Crippen LogP contribution in [-0.4, -0.2) is 12.6 Å². The van der Waals surface area contributed by atoms with Crippen LogP contribution in [-0.2, 0) is 0 Å². The lowest BCUT2D eigenvalue weighted by molar-refractivity contribution is 0.358. The third-order valence-corrected chi connectivity index (χ3v) is 2.42. The first-order valence-electron chi connectivity index (χ1n) is 6.02. The fourth-order valence-corrected chi connectivity index (χ4v) is 1.71. The summed E-state index contributed by atoms with van der Waals surface area (Å²) in [6.45, 7) is 9.75. The van der Waals surface area contributed by atoms with Gasteiger partial charge in [-0.05, 0) is 25.3 Å². The fraction of sp³-hybridized carbons (Fsp3) is 1.00. The second kappa shape index (κ2) is 8.55. The van der Waals surface area contributed by atoms with Crippen LogP contribution in [0.15, 0.2) is 0 Å². The zero-order valence-corrected chi connectivity index (χ0v) is 9.90. The zero-order chi connectivity index (χ0) is 10.1. The average Bonchev–Trinajstić information content (AvgIpc) is 2.19. The van der Waals surface area contributed by atoms with Crippen molar-refractivity contribution in [3.63, 3.8) is 0 Å². The summed E-state index contributed by atoms with van der Waals surface area (Å²) < 4.78 is 0. The summed E-state index contributed by atoms with van der Waals surface area (Å²) in [6, 6.07) is 0.839. The molecule has 1 fully saturated rings. The first kappa shape index (κ1) is 13.0. The quantitative estimate of drug-likeness (QED) is 0.708. The van der Waals surface area contributed by atoms with E-state index in [0.717, 1.165) is 12.0 Å². The van der Waals surface area contributed by atoms with Gasteiger partial charge in [0.1, 0.15) is 0 Å². The average molecular weight is 185 g/mol. The maximum absolute atomic E-state index is 3.62. The molecular formula is C12H27N. The first-order valence-corrected chi connectivity index (χ1v) is 6.02. The van der Waals surface area contributed by atoms with Crippen molar-refractivity contribution in [2.75, 3.05) is 6.54 Å². The van der Waals surface area contributed by atoms with Crippen molar-refractivity contribution >= 4 is 0 Å². The predicted molar refractivity (Wildman–Crippen MR) is 61.1 cm³/mol. The fourth-order valence-electron chi connectivity index (χ4n) is 1.71. The summed E-state index contributed by atoms with van der Waals surface area (Å²) in [4.78, 5) is 0. The van der Waals surface area contributed by atoms with Crippen molar-refractivity contribution in [2.24, 2.45) is 5.92 Å². The minimum absolute atomic E-state index is 0.803. The van der Waals surface area contributed by atoms with Crippen molar-refractivity contribution in [2.45, 2.75) is 65.8 Å². The lowest BCUT2D eigenvalue weighted by atomic mass is 9.95. The molecular weight excluding hydrogens is 158 g/mol. The standard InChI is InChI=1S/C10H21N.C2H6/c1-9(2)8-11-10-6-4-3-5-7-10;1-2/h9-11H,3-8H2,1-2H3;1-2H3. The van der Waals surface area contributed by atoms with E-state index in [-0.39, 0.29) is 0 Å². The highest BCUT2D eigenvalue weighted by Gasteiger charge is 2.12. The summed E-state index contributed by atoms with van der Waals surface area (Å²) in [7, 11) is 0. The molecule has 1 aliphatic carbocycles. The highest BCUT2D eigenvalue weighted by Crippen LogP contribution is 2.17. The maximum atomic E-state index is 3.62. The van der Waals surface area contributed by atoms with Crippen LogP contribution in [0.5, 0.6) is 0 Å². The minimum Gasteiger partial charge on any atom is -0.314 e. The summed E-state index contributed by atoms with van der Waals surface area (Å²) in [6.07, 6.45) is 7.16. The second-order valence-electron chi connectivity index (χ2n) is 4.14. The molecule has 0 aromatic heterocycles. The van der Waals surface area contributed by atoms with E-state index >= 15 is 0 Å². The van der Waals surface area contributed by atoms with Gasteiger partial charge in [0.15, 0.2) is 0 Å². The highest BCUT2D eigenvalue weighted by molar-refractivity contribution is 4.71. The molecule has 0 atom stereocenters. The van der Waals surface area contributed by atoms with Gasteiger partial charge in [0.05, 0.1) is 0 Å². The molecule has 0 spiro atoms. The van der Waals surface area contributed by atoms with Gasteiger partial charge in [-0.25, -0.2) is 0 Å². The van der Waals surface area contributed by atoms with Gasteiger partial charge in [0, 0.05) is 6.04 Å². The number of rotatable bonds is 3. The second-order valence-corrected chi connectivity index (χ2v) is 4.14. The number of hydrogen-bond donors (Lipinski definition) is 1. The molecule has 1 saturated carbocycles. The molecule has 1 N–H and O–H groups in total. The third-order valence-electron chi connectivity index (χ3n) is 2.42. The Balaban J connectivity index is 0.000000671. The largest absolute Gasteiger partial charge is 0.314 e. The zero-order valence-electron chi connectivity index (χ0n) is 9.90. The van der Waals surface area contributed by atoms with Crippen LogP contribution in [0, 0.1) is 5.92 Å². The highest BCUT2D eigenvalue weighted by atomic mass is 14.9. The van der Waals surface area contributed by atoms with E-state index in [9.17, 15) is 0 Å². The van der Waals surface area contributed by atoms with Crippen molar-refractivity contribution in [1.82, 2.24) is 5.32 Å². The Morgan fingerprint density at radius 2 is 1.62 bits per heavy atom. The molecule has 0 heterocycles. The predicted octanol–water partition coefficient (Wildman–Crippen LogP) is 3.59. The molecule has 1 heteroatoms. The molecule has 0 aliphatic heterocycles. The molecule has 13 heavy (non-hydrogen) atoms. The monoisotopic (exact) mass is 185 g/mol. The number of nitrogens with one attached hydrogen (secondary N) is 1. The molecule has 1 nitrogen and oxygen atoms in total. The van der Waals surface area contributed by atoms with Gasteiger partial charge in [-0.3, -0.25) is 0 Å². The van der Waals surface area contributed by atoms with Gasteiger partial charge >= 0.3 is 0 Å². The molecule has 0 unspecified atom stereocenters. The van der Waals surface area contributed by atoms with E-state index in [1.807, 2.05) is 13.8 Å². The third kappa shape index (κ3) is 7.06.